The Hall–Kier alpha value is -5.15. The zero-order valence-corrected chi connectivity index (χ0v) is 30.4. The monoisotopic (exact) mass is 654 g/mol. The van der Waals surface area contributed by atoms with Crippen LogP contribution in [0.2, 0.25) is 0 Å². The first-order chi connectivity index (χ1) is 24.5. The zero-order valence-electron chi connectivity index (χ0n) is 30.4. The number of rotatable bonds is 0. The van der Waals surface area contributed by atoms with E-state index in [4.69, 9.17) is 4.98 Å². The van der Waals surface area contributed by atoms with Crippen LogP contribution in [0, 0.1) is 0 Å². The lowest BCUT2D eigenvalue weighted by atomic mass is 9.36. The van der Waals surface area contributed by atoms with E-state index in [0.29, 0.717) is 0 Å². The molecule has 0 amide bonds. The summed E-state index contributed by atoms with van der Waals surface area (Å²) in [6.07, 6.45) is 0. The summed E-state index contributed by atoms with van der Waals surface area (Å²) in [7, 11) is 0. The summed E-state index contributed by atoms with van der Waals surface area (Å²) in [5.41, 5.74) is 24.3. The first-order valence-corrected chi connectivity index (χ1v) is 18.7. The van der Waals surface area contributed by atoms with Gasteiger partial charge in [0.05, 0.1) is 16.4 Å². The average Bonchev–Trinajstić information content (AvgIpc) is 3.84. The van der Waals surface area contributed by atoms with Crippen molar-refractivity contribution >= 4 is 34.1 Å². The fourth-order valence-electron chi connectivity index (χ4n) is 11.2. The summed E-state index contributed by atoms with van der Waals surface area (Å²) in [5, 5.41) is 0. The van der Waals surface area contributed by atoms with E-state index < -0.39 is 0 Å². The summed E-state index contributed by atoms with van der Waals surface area (Å²) in [6.45, 7) is 16.9. The van der Waals surface area contributed by atoms with Gasteiger partial charge < -0.3 is 0 Å². The van der Waals surface area contributed by atoms with E-state index in [0.717, 1.165) is 5.52 Å². The normalized spacial score (nSPS) is 17.7. The molecular weight excluding hydrogens is 615 g/mol. The lowest BCUT2D eigenvalue weighted by Crippen LogP contribution is -2.57. The molecule has 2 nitrogen and oxygen atoms in total. The van der Waals surface area contributed by atoms with Gasteiger partial charge in [0.2, 0.25) is 6.71 Å². The molecule has 4 heterocycles. The largest absolute Gasteiger partial charge is 0.297 e. The molecule has 0 N–H and O–H groups in total. The Kier molecular flexibility index (Phi) is 4.75. The number of fused-ring (bicyclic) bond motifs is 15. The number of aromatic nitrogens is 2. The van der Waals surface area contributed by atoms with Crippen LogP contribution in [0.1, 0.15) is 87.7 Å². The number of imidazole rings is 1. The molecule has 5 aliphatic rings. The van der Waals surface area contributed by atoms with Crippen LogP contribution >= 0.6 is 0 Å². The molecule has 0 saturated carbocycles. The van der Waals surface area contributed by atoms with E-state index in [9.17, 15) is 0 Å². The maximum Gasteiger partial charge on any atom is 0.248 e. The summed E-state index contributed by atoms with van der Waals surface area (Å²) in [6, 6.07) is 42.5. The van der Waals surface area contributed by atoms with Gasteiger partial charge in [-0.1, -0.05) is 157 Å². The molecule has 1 aromatic heterocycles. The summed E-state index contributed by atoms with van der Waals surface area (Å²) >= 11 is 0. The Morgan fingerprint density at radius 3 is 1.84 bits per heavy atom. The van der Waals surface area contributed by atoms with Gasteiger partial charge in [-0.2, -0.15) is 0 Å². The molecule has 0 fully saturated rings. The first-order valence-electron chi connectivity index (χ1n) is 18.7. The minimum absolute atomic E-state index is 0.00248. The number of nitrogens with zero attached hydrogens (tertiary/aromatic N) is 2. The van der Waals surface area contributed by atoms with Gasteiger partial charge in [0.15, 0.2) is 0 Å². The number of hydrogen-bond donors (Lipinski definition) is 0. The van der Waals surface area contributed by atoms with Crippen molar-refractivity contribution in [1.82, 2.24) is 9.55 Å². The average molecular weight is 655 g/mol. The molecule has 2 aliphatic carbocycles. The van der Waals surface area contributed by atoms with Gasteiger partial charge in [0.1, 0.15) is 5.82 Å². The third-order valence-corrected chi connectivity index (χ3v) is 14.3. The van der Waals surface area contributed by atoms with Crippen LogP contribution in [-0.4, -0.2) is 16.3 Å². The second-order valence-corrected chi connectivity index (χ2v) is 17.9. The maximum absolute atomic E-state index is 5.55. The van der Waals surface area contributed by atoms with Crippen molar-refractivity contribution in [2.75, 3.05) is 0 Å². The highest BCUT2D eigenvalue weighted by Crippen LogP contribution is 2.64. The van der Waals surface area contributed by atoms with Crippen LogP contribution in [0.4, 0.5) is 0 Å². The van der Waals surface area contributed by atoms with Crippen molar-refractivity contribution in [2.45, 2.75) is 70.1 Å². The predicted molar refractivity (Wildman–Crippen MR) is 212 cm³/mol. The predicted octanol–water partition coefficient (Wildman–Crippen LogP) is 9.05. The SMILES string of the molecule is CC(C)(C)c1cc2c3c(c1)nc1n3-c3c(ccc4c3B2c2ccc3c(c2-4)-c2ccccc2C32c3ccccc3-c3ccccc32)C(C)(C)C1(C)C. The van der Waals surface area contributed by atoms with Crippen molar-refractivity contribution in [3.8, 4) is 39.1 Å². The minimum Gasteiger partial charge on any atom is -0.297 e. The van der Waals surface area contributed by atoms with E-state index in [-0.39, 0.29) is 28.4 Å². The van der Waals surface area contributed by atoms with E-state index >= 15 is 0 Å². The molecular formula is C48H39BN2. The molecule has 3 heteroatoms. The number of hydrogen-bond acceptors (Lipinski definition) is 1. The van der Waals surface area contributed by atoms with Crippen molar-refractivity contribution in [3.05, 3.63) is 148 Å². The fourth-order valence-corrected chi connectivity index (χ4v) is 11.2. The molecule has 1 spiro atoms. The Balaban J connectivity index is 1.25. The van der Waals surface area contributed by atoms with Crippen LogP contribution in [0.25, 0.3) is 50.1 Å². The van der Waals surface area contributed by atoms with E-state index in [1.165, 1.54) is 100 Å². The van der Waals surface area contributed by atoms with Crippen LogP contribution in [0.3, 0.4) is 0 Å². The van der Waals surface area contributed by atoms with Gasteiger partial charge in [0.25, 0.3) is 0 Å². The lowest BCUT2D eigenvalue weighted by Gasteiger charge is -2.48. The Morgan fingerprint density at radius 1 is 0.569 bits per heavy atom. The van der Waals surface area contributed by atoms with Crippen molar-refractivity contribution in [3.63, 3.8) is 0 Å². The third kappa shape index (κ3) is 2.89. The second kappa shape index (κ2) is 8.48. The Morgan fingerprint density at radius 2 is 1.18 bits per heavy atom. The van der Waals surface area contributed by atoms with Gasteiger partial charge in [-0.3, -0.25) is 4.57 Å². The van der Waals surface area contributed by atoms with Crippen molar-refractivity contribution < 1.29 is 0 Å². The molecule has 6 aromatic carbocycles. The van der Waals surface area contributed by atoms with E-state index in [2.05, 4.69) is 162 Å². The summed E-state index contributed by atoms with van der Waals surface area (Å²) in [5.74, 6) is 1.19. The van der Waals surface area contributed by atoms with Gasteiger partial charge in [0, 0.05) is 16.5 Å². The standard InChI is InChI=1S/C48H39BN2/c1-45(2,3)26-24-37-43-38(25-26)50-44-47(6,7)46(4,5)35-21-20-30-40-36(49(37)41(30)42(35)51(43)44)23-22-34-39(40)29-16-10-13-19-33(29)48(34)31-17-11-8-14-27(31)28-15-9-12-18-32(28)48/h8-25H,1-7H3. The van der Waals surface area contributed by atoms with Crippen molar-refractivity contribution in [1.29, 1.82) is 0 Å². The molecule has 0 saturated heterocycles. The minimum atomic E-state index is -0.353. The fraction of sp³-hybridized carbons (Fsp3) is 0.229. The smallest absolute Gasteiger partial charge is 0.248 e. The molecule has 0 atom stereocenters. The molecule has 3 aliphatic heterocycles. The molecule has 0 radical (unpaired) electrons. The molecule has 0 bridgehead atoms. The second-order valence-electron chi connectivity index (χ2n) is 17.9. The first kappa shape index (κ1) is 28.5. The Labute approximate surface area is 300 Å². The number of benzene rings is 6. The van der Waals surface area contributed by atoms with Crippen LogP contribution in [0.5, 0.6) is 0 Å². The van der Waals surface area contributed by atoms with Crippen molar-refractivity contribution in [2.24, 2.45) is 0 Å². The topological polar surface area (TPSA) is 17.8 Å². The highest BCUT2D eigenvalue weighted by molar-refractivity contribution is 7.01. The van der Waals surface area contributed by atoms with Gasteiger partial charge in [-0.05, 0) is 89.2 Å². The maximum atomic E-state index is 5.55. The quantitative estimate of drug-likeness (QED) is 0.149. The van der Waals surface area contributed by atoms with Crippen LogP contribution in [0.15, 0.2) is 109 Å². The van der Waals surface area contributed by atoms with Gasteiger partial charge >= 0.3 is 0 Å². The van der Waals surface area contributed by atoms with Gasteiger partial charge in [-0.15, -0.1) is 0 Å². The van der Waals surface area contributed by atoms with E-state index in [1.54, 1.807) is 0 Å². The van der Waals surface area contributed by atoms with Gasteiger partial charge in [-0.25, -0.2) is 4.98 Å². The molecule has 51 heavy (non-hydrogen) atoms. The third-order valence-electron chi connectivity index (χ3n) is 14.3. The highest BCUT2D eigenvalue weighted by atomic mass is 15.1. The molecule has 244 valence electrons. The zero-order chi connectivity index (χ0) is 34.6. The van der Waals surface area contributed by atoms with Crippen LogP contribution < -0.4 is 16.4 Å². The molecule has 12 rings (SSSR count). The highest BCUT2D eigenvalue weighted by Gasteiger charge is 2.56. The van der Waals surface area contributed by atoms with Crippen LogP contribution in [-0.2, 0) is 21.7 Å². The lowest BCUT2D eigenvalue weighted by molar-refractivity contribution is 0.273. The molecule has 0 unspecified atom stereocenters. The van der Waals surface area contributed by atoms with E-state index in [1.807, 2.05) is 0 Å². The summed E-state index contributed by atoms with van der Waals surface area (Å²) < 4.78 is 2.60. The summed E-state index contributed by atoms with van der Waals surface area (Å²) in [4.78, 5) is 5.55. The Bertz CT molecular complexity index is 2760. The molecule has 7 aromatic rings.